The second kappa shape index (κ2) is 10.9. The number of nitrogens with one attached hydrogen (secondary N) is 1. The molecule has 0 spiro atoms. The van der Waals surface area contributed by atoms with Gasteiger partial charge in [0.25, 0.3) is 0 Å². The summed E-state index contributed by atoms with van der Waals surface area (Å²) in [7, 11) is -4.39. The Hall–Kier alpha value is -2.94. The minimum absolute atomic E-state index is 0.0245. The van der Waals surface area contributed by atoms with E-state index < -0.39 is 65.0 Å². The summed E-state index contributed by atoms with van der Waals surface area (Å²) in [5.41, 5.74) is -0.0363. The van der Waals surface area contributed by atoms with Gasteiger partial charge in [0.15, 0.2) is 0 Å². The Kier molecular flexibility index (Phi) is 8.13. The van der Waals surface area contributed by atoms with Crippen LogP contribution in [0.1, 0.15) is 24.7 Å². The summed E-state index contributed by atoms with van der Waals surface area (Å²) in [6, 6.07) is 2.04. The first kappa shape index (κ1) is 29.1. The number of carbonyl (C=O) groups is 1. The highest BCUT2D eigenvalue weighted by atomic mass is 35.5. The molecule has 39 heavy (non-hydrogen) atoms. The van der Waals surface area contributed by atoms with Crippen LogP contribution in [0.3, 0.4) is 0 Å². The highest BCUT2D eigenvalue weighted by Crippen LogP contribution is 2.35. The molecule has 16 heteroatoms. The maximum absolute atomic E-state index is 14.7. The quantitative estimate of drug-likeness (QED) is 0.402. The van der Waals surface area contributed by atoms with Crippen molar-refractivity contribution < 1.29 is 35.2 Å². The molecule has 1 fully saturated rings. The number of pyridine rings is 1. The van der Waals surface area contributed by atoms with E-state index >= 15 is 0 Å². The molecule has 3 heterocycles. The average Bonchev–Trinajstić information content (AvgIpc) is 3.19. The molecular formula is C23H18Cl2F5N5O3S. The number of hydrogen-bond acceptors (Lipinski definition) is 6. The summed E-state index contributed by atoms with van der Waals surface area (Å²) < 4.78 is 94.6. The summed E-state index contributed by atoms with van der Waals surface area (Å²) in [6.07, 6.45) is -4.33. The Labute approximate surface area is 229 Å². The first-order valence-electron chi connectivity index (χ1n) is 11.1. The van der Waals surface area contributed by atoms with Crippen LogP contribution in [-0.4, -0.2) is 51.8 Å². The van der Waals surface area contributed by atoms with Gasteiger partial charge in [-0.05, 0) is 31.2 Å². The van der Waals surface area contributed by atoms with Crippen LogP contribution in [0.25, 0.3) is 11.3 Å². The van der Waals surface area contributed by atoms with Crippen molar-refractivity contribution in [3.05, 3.63) is 70.1 Å². The number of aromatic nitrogens is 3. The van der Waals surface area contributed by atoms with Crippen molar-refractivity contribution in [3.63, 3.8) is 0 Å². The van der Waals surface area contributed by atoms with E-state index in [0.717, 1.165) is 29.0 Å². The van der Waals surface area contributed by atoms with Crippen LogP contribution in [0.2, 0.25) is 10.0 Å². The number of benzene rings is 1. The third-order valence-corrected chi connectivity index (χ3v) is 8.77. The van der Waals surface area contributed by atoms with Gasteiger partial charge in [-0.3, -0.25) is 9.78 Å². The Morgan fingerprint density at radius 3 is 2.38 bits per heavy atom. The van der Waals surface area contributed by atoms with Crippen LogP contribution >= 0.6 is 23.2 Å². The monoisotopic (exact) mass is 609 g/mol. The van der Waals surface area contributed by atoms with Gasteiger partial charge in [0, 0.05) is 36.5 Å². The van der Waals surface area contributed by atoms with Crippen molar-refractivity contribution in [1.29, 1.82) is 0 Å². The lowest BCUT2D eigenvalue weighted by molar-refractivity contribution is -0.145. The number of sulfonamides is 1. The molecular weight excluding hydrogens is 592 g/mol. The zero-order valence-electron chi connectivity index (χ0n) is 19.8. The molecule has 1 N–H and O–H groups in total. The molecule has 1 amide bonds. The second-order valence-electron chi connectivity index (χ2n) is 8.59. The molecule has 8 nitrogen and oxygen atoms in total. The van der Waals surface area contributed by atoms with E-state index in [1.807, 2.05) is 0 Å². The molecule has 1 saturated heterocycles. The lowest BCUT2D eigenvalue weighted by atomic mass is 10.1. The lowest BCUT2D eigenvalue weighted by Gasteiger charge is -2.27. The number of nitrogens with zero attached hydrogens (tertiary/aromatic N) is 4. The Bertz CT molecular complexity index is 1510. The fraction of sp³-hybridized carbons (Fsp3) is 0.304. The zero-order chi connectivity index (χ0) is 28.7. The smallest absolute Gasteiger partial charge is 0.351 e. The molecule has 4 rings (SSSR count). The predicted octanol–water partition coefficient (Wildman–Crippen LogP) is 4.81. The standard InChI is InChI=1S/C23H18Cl2F5N5O3S/c1-11-17(26)6-20(35(11)39(37,38)14-2-3-15(24)16(25)5-14)21(36)32-7-12-4-19(31-10-18(12)27)13-8-33-22(34-9-13)23(28,29)30/h2-5,8-11,17,20H,6-7H2,1H3,(H,32,36)/t11-,17+,20-/m1/s1. The molecule has 0 saturated carbocycles. The van der Waals surface area contributed by atoms with Crippen LogP contribution in [0.4, 0.5) is 22.0 Å². The predicted molar refractivity (Wildman–Crippen MR) is 130 cm³/mol. The van der Waals surface area contributed by atoms with Crippen LogP contribution < -0.4 is 5.32 Å². The minimum atomic E-state index is -4.75. The van der Waals surface area contributed by atoms with Gasteiger partial charge < -0.3 is 5.32 Å². The van der Waals surface area contributed by atoms with Gasteiger partial charge in [0.05, 0.1) is 32.9 Å². The summed E-state index contributed by atoms with van der Waals surface area (Å²) >= 11 is 11.8. The topological polar surface area (TPSA) is 105 Å². The maximum Gasteiger partial charge on any atom is 0.451 e. The molecule has 0 radical (unpaired) electrons. The van der Waals surface area contributed by atoms with E-state index in [0.29, 0.717) is 0 Å². The molecule has 3 aromatic rings. The summed E-state index contributed by atoms with van der Waals surface area (Å²) in [4.78, 5) is 23.0. The molecule has 3 atom stereocenters. The van der Waals surface area contributed by atoms with Gasteiger partial charge in [-0.1, -0.05) is 23.2 Å². The Morgan fingerprint density at radius 1 is 1.10 bits per heavy atom. The molecule has 0 aliphatic carbocycles. The van der Waals surface area contributed by atoms with Gasteiger partial charge in [0.1, 0.15) is 18.0 Å². The van der Waals surface area contributed by atoms with Crippen molar-refractivity contribution in [3.8, 4) is 11.3 Å². The number of amides is 1. The van der Waals surface area contributed by atoms with Crippen LogP contribution in [0.15, 0.2) is 47.8 Å². The van der Waals surface area contributed by atoms with E-state index in [9.17, 15) is 35.2 Å². The number of carbonyl (C=O) groups excluding carboxylic acids is 1. The Balaban J connectivity index is 1.54. The van der Waals surface area contributed by atoms with Crippen molar-refractivity contribution in [2.45, 2.75) is 49.2 Å². The number of halogens is 7. The normalized spacial score (nSPS) is 20.3. The number of hydrogen-bond donors (Lipinski definition) is 1. The largest absolute Gasteiger partial charge is 0.451 e. The van der Waals surface area contributed by atoms with Gasteiger partial charge in [-0.25, -0.2) is 27.2 Å². The fourth-order valence-electron chi connectivity index (χ4n) is 4.01. The highest BCUT2D eigenvalue weighted by molar-refractivity contribution is 7.89. The van der Waals surface area contributed by atoms with E-state index in [-0.39, 0.29) is 31.8 Å². The third kappa shape index (κ3) is 5.98. The van der Waals surface area contributed by atoms with E-state index in [4.69, 9.17) is 23.2 Å². The molecule has 0 bridgehead atoms. The zero-order valence-corrected chi connectivity index (χ0v) is 22.1. The average molecular weight is 610 g/mol. The van der Waals surface area contributed by atoms with Crippen LogP contribution in [0.5, 0.6) is 0 Å². The molecule has 0 unspecified atom stereocenters. The summed E-state index contributed by atoms with van der Waals surface area (Å²) in [6.45, 7) is 0.859. The fourth-order valence-corrected chi connectivity index (χ4v) is 6.21. The minimum Gasteiger partial charge on any atom is -0.351 e. The highest BCUT2D eigenvalue weighted by Gasteiger charge is 2.49. The van der Waals surface area contributed by atoms with E-state index in [1.54, 1.807) is 0 Å². The molecule has 2 aromatic heterocycles. The first-order valence-corrected chi connectivity index (χ1v) is 13.3. The molecule has 208 valence electrons. The molecule has 1 aliphatic heterocycles. The van der Waals surface area contributed by atoms with Gasteiger partial charge in [-0.15, -0.1) is 0 Å². The summed E-state index contributed by atoms with van der Waals surface area (Å²) in [5.74, 6) is -3.10. The van der Waals surface area contributed by atoms with Crippen molar-refractivity contribution in [1.82, 2.24) is 24.6 Å². The van der Waals surface area contributed by atoms with Crippen LogP contribution in [-0.2, 0) is 27.5 Å². The van der Waals surface area contributed by atoms with Gasteiger partial charge in [0.2, 0.25) is 21.8 Å². The lowest BCUT2D eigenvalue weighted by Crippen LogP contribution is -2.48. The SMILES string of the molecule is C[C@@H]1[C@@H](F)C[C@H](C(=O)NCc2cc(-c3cnc(C(F)(F)F)nc3)ncc2F)N1S(=O)(=O)c1ccc(Cl)c(Cl)c1. The third-order valence-electron chi connectivity index (χ3n) is 6.04. The Morgan fingerprint density at radius 2 is 1.77 bits per heavy atom. The molecule has 1 aromatic carbocycles. The number of alkyl halides is 4. The summed E-state index contributed by atoms with van der Waals surface area (Å²) in [5, 5.41) is 2.45. The maximum atomic E-state index is 14.7. The van der Waals surface area contributed by atoms with Crippen molar-refractivity contribution >= 4 is 39.1 Å². The van der Waals surface area contributed by atoms with E-state index in [1.165, 1.54) is 25.1 Å². The second-order valence-corrected chi connectivity index (χ2v) is 11.2. The van der Waals surface area contributed by atoms with Crippen molar-refractivity contribution in [2.75, 3.05) is 0 Å². The molecule has 1 aliphatic rings. The van der Waals surface area contributed by atoms with Gasteiger partial charge >= 0.3 is 6.18 Å². The van der Waals surface area contributed by atoms with Crippen LogP contribution in [0, 0.1) is 5.82 Å². The van der Waals surface area contributed by atoms with Gasteiger partial charge in [-0.2, -0.15) is 17.5 Å². The first-order chi connectivity index (χ1) is 18.2. The van der Waals surface area contributed by atoms with Crippen molar-refractivity contribution in [2.24, 2.45) is 0 Å². The number of rotatable bonds is 6. The van der Waals surface area contributed by atoms with E-state index in [2.05, 4.69) is 20.3 Å².